The van der Waals surface area contributed by atoms with Crippen LogP contribution in [-0.4, -0.2) is 57.6 Å². The van der Waals surface area contributed by atoms with E-state index in [2.05, 4.69) is 25.8 Å². The van der Waals surface area contributed by atoms with Gasteiger partial charge in [-0.05, 0) is 44.2 Å². The molecule has 3 amide bonds. The first-order chi connectivity index (χ1) is 15.7. The summed E-state index contributed by atoms with van der Waals surface area (Å²) >= 11 is 0. The van der Waals surface area contributed by atoms with Crippen molar-refractivity contribution in [2.75, 3.05) is 19.6 Å². The van der Waals surface area contributed by atoms with E-state index in [0.29, 0.717) is 44.2 Å². The fourth-order valence-electron chi connectivity index (χ4n) is 4.71. The van der Waals surface area contributed by atoms with Gasteiger partial charge in [-0.1, -0.05) is 24.9 Å². The van der Waals surface area contributed by atoms with Gasteiger partial charge < -0.3 is 20.1 Å². The monoisotopic (exact) mass is 440 g/mol. The molecule has 3 atom stereocenters. The van der Waals surface area contributed by atoms with Crippen LogP contribution in [0.3, 0.4) is 0 Å². The zero-order chi connectivity index (χ0) is 22.3. The lowest BCUT2D eigenvalue weighted by Gasteiger charge is -2.32. The van der Waals surface area contributed by atoms with Crippen LogP contribution in [0.15, 0.2) is 29.0 Å². The van der Waals surface area contributed by atoms with Gasteiger partial charge in [-0.2, -0.15) is 4.98 Å². The third kappa shape index (κ3) is 5.08. The van der Waals surface area contributed by atoms with E-state index in [1.165, 1.54) is 0 Å². The third-order valence-electron chi connectivity index (χ3n) is 6.39. The van der Waals surface area contributed by atoms with Gasteiger partial charge in [0.15, 0.2) is 0 Å². The maximum absolute atomic E-state index is 13.1. The maximum Gasteiger partial charge on any atom is 0.317 e. The predicted octanol–water partition coefficient (Wildman–Crippen LogP) is 3.11. The van der Waals surface area contributed by atoms with E-state index in [-0.39, 0.29) is 29.8 Å². The van der Waals surface area contributed by atoms with E-state index >= 15 is 0 Å². The van der Waals surface area contributed by atoms with Crippen molar-refractivity contribution >= 4 is 11.9 Å². The lowest BCUT2D eigenvalue weighted by Crippen LogP contribution is -2.51. The van der Waals surface area contributed by atoms with E-state index in [1.807, 2.05) is 24.0 Å². The number of carbonyl (C=O) groups is 2. The lowest BCUT2D eigenvalue weighted by molar-refractivity contribution is -0.126. The first-order valence-corrected chi connectivity index (χ1v) is 11.7. The number of amides is 3. The molecular weight excluding hydrogens is 408 g/mol. The molecule has 0 bridgehead atoms. The van der Waals surface area contributed by atoms with Crippen molar-refractivity contribution in [2.24, 2.45) is 5.92 Å². The lowest BCUT2D eigenvalue weighted by atomic mass is 10.0. The van der Waals surface area contributed by atoms with Gasteiger partial charge in [-0.3, -0.25) is 9.78 Å². The minimum absolute atomic E-state index is 0.0136. The van der Waals surface area contributed by atoms with Crippen molar-refractivity contribution in [1.29, 1.82) is 0 Å². The number of carbonyl (C=O) groups excluding carboxylic acids is 2. The number of pyridine rings is 1. The summed E-state index contributed by atoms with van der Waals surface area (Å²) in [6.07, 6.45) is 9.49. The normalized spacial score (nSPS) is 24.3. The highest BCUT2D eigenvalue weighted by molar-refractivity contribution is 5.82. The molecule has 9 heteroatoms. The summed E-state index contributed by atoms with van der Waals surface area (Å²) in [6, 6.07) is 3.43. The van der Waals surface area contributed by atoms with Crippen LogP contribution in [0.1, 0.15) is 63.7 Å². The summed E-state index contributed by atoms with van der Waals surface area (Å²) in [5.41, 5.74) is 0.786. The van der Waals surface area contributed by atoms with Crippen LogP contribution in [-0.2, 0) is 4.79 Å². The molecule has 4 rings (SSSR count). The first kappa shape index (κ1) is 22.2. The number of nitrogens with zero attached hydrogens (tertiary/aromatic N) is 4. The van der Waals surface area contributed by atoms with Crippen molar-refractivity contribution in [3.8, 4) is 11.4 Å². The highest BCUT2D eigenvalue weighted by atomic mass is 16.5. The minimum Gasteiger partial charge on any atom is -0.356 e. The van der Waals surface area contributed by atoms with Gasteiger partial charge in [-0.15, -0.1) is 0 Å². The second-order valence-electron chi connectivity index (χ2n) is 8.67. The topological polar surface area (TPSA) is 113 Å². The average Bonchev–Trinajstić information content (AvgIpc) is 3.47. The van der Waals surface area contributed by atoms with Gasteiger partial charge in [0.1, 0.15) is 0 Å². The molecule has 1 saturated heterocycles. The van der Waals surface area contributed by atoms with Crippen molar-refractivity contribution in [3.63, 3.8) is 0 Å². The van der Waals surface area contributed by atoms with Crippen LogP contribution < -0.4 is 10.6 Å². The summed E-state index contributed by atoms with van der Waals surface area (Å²) in [4.78, 5) is 36.7. The number of aromatic nitrogens is 3. The molecule has 2 aromatic rings. The molecule has 9 nitrogen and oxygen atoms in total. The second-order valence-corrected chi connectivity index (χ2v) is 8.67. The smallest absolute Gasteiger partial charge is 0.317 e. The SMILES string of the molecule is CCCNC(=O)N1CCCCCCNC(=O)[C@@H]2C[C@@H](c3nc(-c4cccnc4)no3)C[C@@H]21. The van der Waals surface area contributed by atoms with E-state index in [1.54, 1.807) is 12.4 Å². The van der Waals surface area contributed by atoms with Gasteiger partial charge in [0, 0.05) is 49.6 Å². The van der Waals surface area contributed by atoms with Crippen LogP contribution in [0.2, 0.25) is 0 Å². The predicted molar refractivity (Wildman–Crippen MR) is 119 cm³/mol. The van der Waals surface area contributed by atoms with Gasteiger partial charge >= 0.3 is 6.03 Å². The molecule has 1 aliphatic carbocycles. The van der Waals surface area contributed by atoms with Crippen LogP contribution in [0.5, 0.6) is 0 Å². The van der Waals surface area contributed by atoms with Gasteiger partial charge in [0.05, 0.1) is 5.92 Å². The Morgan fingerprint density at radius 1 is 1.28 bits per heavy atom. The molecule has 0 aromatic carbocycles. The van der Waals surface area contributed by atoms with Crippen molar-refractivity contribution in [3.05, 3.63) is 30.4 Å². The highest BCUT2D eigenvalue weighted by Crippen LogP contribution is 2.41. The molecule has 2 fully saturated rings. The Morgan fingerprint density at radius 3 is 2.97 bits per heavy atom. The van der Waals surface area contributed by atoms with Crippen LogP contribution in [0, 0.1) is 5.92 Å². The van der Waals surface area contributed by atoms with Crippen LogP contribution >= 0.6 is 0 Å². The molecule has 32 heavy (non-hydrogen) atoms. The highest BCUT2D eigenvalue weighted by Gasteiger charge is 2.45. The number of rotatable bonds is 4. The minimum atomic E-state index is -0.292. The molecule has 1 saturated carbocycles. The summed E-state index contributed by atoms with van der Waals surface area (Å²) in [6.45, 7) is 3.99. The third-order valence-corrected chi connectivity index (χ3v) is 6.39. The summed E-state index contributed by atoms with van der Waals surface area (Å²) in [7, 11) is 0. The van der Waals surface area contributed by atoms with Crippen molar-refractivity contribution in [1.82, 2.24) is 30.7 Å². The Morgan fingerprint density at radius 2 is 2.16 bits per heavy atom. The second kappa shape index (κ2) is 10.6. The summed E-state index contributed by atoms with van der Waals surface area (Å²) in [5.74, 6) is 0.659. The Labute approximate surface area is 188 Å². The van der Waals surface area contributed by atoms with E-state index in [4.69, 9.17) is 4.52 Å². The fourth-order valence-corrected chi connectivity index (χ4v) is 4.71. The Hall–Kier alpha value is -2.97. The van der Waals surface area contributed by atoms with Gasteiger partial charge in [-0.25, -0.2) is 4.79 Å². The van der Waals surface area contributed by atoms with E-state index < -0.39 is 0 Å². The van der Waals surface area contributed by atoms with E-state index in [0.717, 1.165) is 37.7 Å². The van der Waals surface area contributed by atoms with Crippen LogP contribution in [0.25, 0.3) is 11.4 Å². The molecular formula is C23H32N6O3. The van der Waals surface area contributed by atoms with Crippen LogP contribution in [0.4, 0.5) is 4.79 Å². The largest absolute Gasteiger partial charge is 0.356 e. The quantitative estimate of drug-likeness (QED) is 0.755. The molecule has 0 unspecified atom stereocenters. The number of hydrogen-bond acceptors (Lipinski definition) is 6. The molecule has 0 radical (unpaired) electrons. The summed E-state index contributed by atoms with van der Waals surface area (Å²) in [5, 5.41) is 10.2. The molecule has 3 heterocycles. The average molecular weight is 441 g/mol. The fraction of sp³-hybridized carbons (Fsp3) is 0.609. The molecule has 1 aliphatic heterocycles. The van der Waals surface area contributed by atoms with Gasteiger partial charge in [0.25, 0.3) is 0 Å². The summed E-state index contributed by atoms with van der Waals surface area (Å²) < 4.78 is 5.60. The number of hydrogen-bond donors (Lipinski definition) is 2. The van der Waals surface area contributed by atoms with Crippen molar-refractivity contribution in [2.45, 2.75) is 63.8 Å². The molecule has 2 aromatic heterocycles. The zero-order valence-corrected chi connectivity index (χ0v) is 18.6. The Balaban J connectivity index is 1.57. The molecule has 172 valence electrons. The first-order valence-electron chi connectivity index (χ1n) is 11.7. The Bertz CT molecular complexity index is 902. The van der Waals surface area contributed by atoms with Crippen molar-refractivity contribution < 1.29 is 14.1 Å². The van der Waals surface area contributed by atoms with E-state index in [9.17, 15) is 9.59 Å². The Kier molecular flexibility index (Phi) is 7.34. The number of nitrogens with one attached hydrogen (secondary N) is 2. The number of urea groups is 1. The molecule has 2 aliphatic rings. The zero-order valence-electron chi connectivity index (χ0n) is 18.6. The molecule has 2 N–H and O–H groups in total. The standard InChI is InChI=1S/C23H32N6O3/c1-2-9-26-23(31)29-12-6-4-3-5-11-25-21(30)18-13-17(14-19(18)29)22-27-20(28-32-22)16-8-7-10-24-15-16/h7-8,10,15,17-19H,2-6,9,11-14H2,1H3,(H,25,30)(H,26,31)/t17-,18-,19+/m1/s1. The molecule has 0 spiro atoms. The maximum atomic E-state index is 13.1. The number of fused-ring (bicyclic) bond motifs is 1. The van der Waals surface area contributed by atoms with Gasteiger partial charge in [0.2, 0.25) is 17.6 Å².